The minimum absolute atomic E-state index is 0.0742. The van der Waals surface area contributed by atoms with Crippen molar-refractivity contribution in [1.29, 1.82) is 0 Å². The lowest BCUT2D eigenvalue weighted by Crippen LogP contribution is -2.39. The molecule has 0 aliphatic heterocycles. The SMILES string of the molecule is COc1ccc(C[C@@H](C)N(C[C@@H](O)c2ccc(OCc3ccccc3)c(NC=O)c2)[C@@H](C)c2ccccc2)cc1. The van der Waals surface area contributed by atoms with Crippen LogP contribution in [0.1, 0.15) is 48.2 Å². The van der Waals surface area contributed by atoms with Crippen LogP contribution in [-0.2, 0) is 17.8 Å². The van der Waals surface area contributed by atoms with Gasteiger partial charge >= 0.3 is 0 Å². The first-order chi connectivity index (χ1) is 19.5. The largest absolute Gasteiger partial charge is 0.497 e. The first kappa shape index (κ1) is 28.9. The van der Waals surface area contributed by atoms with Gasteiger partial charge in [-0.1, -0.05) is 78.9 Å². The summed E-state index contributed by atoms with van der Waals surface area (Å²) in [6.45, 7) is 5.16. The molecule has 0 aliphatic carbocycles. The molecule has 40 heavy (non-hydrogen) atoms. The molecule has 0 aromatic heterocycles. The van der Waals surface area contributed by atoms with Gasteiger partial charge in [-0.3, -0.25) is 9.69 Å². The topological polar surface area (TPSA) is 71.0 Å². The third kappa shape index (κ3) is 7.72. The number of benzene rings is 4. The smallest absolute Gasteiger partial charge is 0.211 e. The number of anilines is 1. The Morgan fingerprint density at radius 1 is 0.850 bits per heavy atom. The minimum atomic E-state index is -0.778. The van der Waals surface area contributed by atoms with Crippen molar-refractivity contribution in [2.75, 3.05) is 19.0 Å². The van der Waals surface area contributed by atoms with Crippen LogP contribution in [0.5, 0.6) is 11.5 Å². The van der Waals surface area contributed by atoms with Gasteiger partial charge in [0.15, 0.2) is 0 Å². The molecule has 0 unspecified atom stereocenters. The zero-order chi connectivity index (χ0) is 28.3. The van der Waals surface area contributed by atoms with E-state index >= 15 is 0 Å². The second-order valence-electron chi connectivity index (χ2n) is 9.99. The summed E-state index contributed by atoms with van der Waals surface area (Å²) in [7, 11) is 1.67. The van der Waals surface area contributed by atoms with E-state index in [1.54, 1.807) is 19.2 Å². The van der Waals surface area contributed by atoms with Crippen molar-refractivity contribution in [3.8, 4) is 11.5 Å². The van der Waals surface area contributed by atoms with Crippen LogP contribution in [0.4, 0.5) is 5.69 Å². The van der Waals surface area contributed by atoms with E-state index in [1.165, 1.54) is 11.1 Å². The number of carbonyl (C=O) groups excluding carboxylic acids is 1. The fourth-order valence-corrected chi connectivity index (χ4v) is 4.96. The van der Waals surface area contributed by atoms with Crippen LogP contribution >= 0.6 is 0 Å². The number of aliphatic hydroxyl groups is 1. The number of amides is 1. The normalized spacial score (nSPS) is 13.3. The average Bonchev–Trinajstić information content (AvgIpc) is 3.00. The van der Waals surface area contributed by atoms with Gasteiger partial charge in [-0.05, 0) is 66.8 Å². The average molecular weight is 539 g/mol. The third-order valence-electron chi connectivity index (χ3n) is 7.26. The summed E-state index contributed by atoms with van der Waals surface area (Å²) in [5.41, 5.74) is 4.64. The Morgan fingerprint density at radius 3 is 2.17 bits per heavy atom. The van der Waals surface area contributed by atoms with Gasteiger partial charge in [0.05, 0.1) is 18.9 Å². The highest BCUT2D eigenvalue weighted by Crippen LogP contribution is 2.32. The van der Waals surface area contributed by atoms with E-state index in [2.05, 4.69) is 48.3 Å². The number of nitrogens with zero attached hydrogens (tertiary/aromatic N) is 1. The van der Waals surface area contributed by atoms with Crippen LogP contribution in [0, 0.1) is 0 Å². The Kier molecular flexibility index (Phi) is 10.3. The van der Waals surface area contributed by atoms with Gasteiger partial charge < -0.3 is 19.9 Å². The van der Waals surface area contributed by atoms with E-state index in [0.717, 1.165) is 17.7 Å². The molecule has 0 spiro atoms. The maximum absolute atomic E-state index is 11.4. The van der Waals surface area contributed by atoms with E-state index in [1.807, 2.05) is 66.7 Å². The summed E-state index contributed by atoms with van der Waals surface area (Å²) in [5.74, 6) is 1.38. The van der Waals surface area contributed by atoms with Crippen molar-refractivity contribution >= 4 is 12.1 Å². The molecular weight excluding hydrogens is 500 g/mol. The predicted molar refractivity (Wildman–Crippen MR) is 160 cm³/mol. The molecule has 0 saturated carbocycles. The number of rotatable bonds is 14. The van der Waals surface area contributed by atoms with Crippen molar-refractivity contribution in [2.45, 2.75) is 45.1 Å². The summed E-state index contributed by atoms with van der Waals surface area (Å²) in [6, 6.07) is 34.0. The predicted octanol–water partition coefficient (Wildman–Crippen LogP) is 6.57. The standard InChI is InChI=1S/C34H38N2O4/c1-25(20-27-14-17-31(39-3)18-15-27)36(26(2)29-12-8-5-9-13-29)22-33(38)30-16-19-34(32(21-30)35-24-37)40-23-28-10-6-4-7-11-28/h4-19,21,24-26,33,38H,20,22-23H2,1-3H3,(H,35,37)/t25-,26+,33-/m1/s1. The Labute approximate surface area is 237 Å². The molecule has 0 bridgehead atoms. The van der Waals surface area contributed by atoms with Crippen molar-refractivity contribution in [3.63, 3.8) is 0 Å². The first-order valence-corrected chi connectivity index (χ1v) is 13.6. The van der Waals surface area contributed by atoms with E-state index in [-0.39, 0.29) is 12.1 Å². The van der Waals surface area contributed by atoms with Gasteiger partial charge in [-0.25, -0.2) is 0 Å². The third-order valence-corrected chi connectivity index (χ3v) is 7.26. The highest BCUT2D eigenvalue weighted by Gasteiger charge is 2.25. The molecule has 0 fully saturated rings. The summed E-state index contributed by atoms with van der Waals surface area (Å²) in [4.78, 5) is 13.7. The van der Waals surface area contributed by atoms with Crippen molar-refractivity contribution < 1.29 is 19.4 Å². The van der Waals surface area contributed by atoms with Crippen LogP contribution in [0.15, 0.2) is 103 Å². The zero-order valence-corrected chi connectivity index (χ0v) is 23.4. The lowest BCUT2D eigenvalue weighted by Gasteiger charge is -2.36. The monoisotopic (exact) mass is 538 g/mol. The van der Waals surface area contributed by atoms with Gasteiger partial charge in [0, 0.05) is 18.6 Å². The van der Waals surface area contributed by atoms with Crippen LogP contribution in [0.25, 0.3) is 0 Å². The number of carbonyl (C=O) groups is 1. The Morgan fingerprint density at radius 2 is 1.52 bits per heavy atom. The molecule has 4 rings (SSSR count). The number of aliphatic hydroxyl groups excluding tert-OH is 1. The lowest BCUT2D eigenvalue weighted by molar-refractivity contribution is -0.105. The molecule has 4 aromatic carbocycles. The van der Waals surface area contributed by atoms with Crippen molar-refractivity contribution in [3.05, 3.63) is 125 Å². The molecule has 4 aromatic rings. The van der Waals surface area contributed by atoms with Crippen LogP contribution in [-0.4, -0.2) is 36.1 Å². The molecule has 0 radical (unpaired) electrons. The van der Waals surface area contributed by atoms with E-state index in [4.69, 9.17) is 9.47 Å². The molecule has 6 heteroatoms. The molecule has 0 heterocycles. The Balaban J connectivity index is 1.54. The summed E-state index contributed by atoms with van der Waals surface area (Å²) >= 11 is 0. The molecule has 6 nitrogen and oxygen atoms in total. The van der Waals surface area contributed by atoms with Gasteiger partial charge in [-0.2, -0.15) is 0 Å². The Hall–Kier alpha value is -4.13. The number of hydrogen-bond donors (Lipinski definition) is 2. The van der Waals surface area contributed by atoms with E-state index in [0.29, 0.717) is 36.6 Å². The quantitative estimate of drug-likeness (QED) is 0.178. The van der Waals surface area contributed by atoms with Crippen LogP contribution in [0.2, 0.25) is 0 Å². The molecular formula is C34H38N2O4. The summed E-state index contributed by atoms with van der Waals surface area (Å²) in [5, 5.41) is 14.2. The van der Waals surface area contributed by atoms with Crippen molar-refractivity contribution in [1.82, 2.24) is 4.90 Å². The van der Waals surface area contributed by atoms with E-state index in [9.17, 15) is 9.90 Å². The first-order valence-electron chi connectivity index (χ1n) is 13.6. The minimum Gasteiger partial charge on any atom is -0.497 e. The number of methoxy groups -OCH3 is 1. The van der Waals surface area contributed by atoms with Crippen molar-refractivity contribution in [2.24, 2.45) is 0 Å². The van der Waals surface area contributed by atoms with Crippen LogP contribution < -0.4 is 14.8 Å². The van der Waals surface area contributed by atoms with E-state index < -0.39 is 6.10 Å². The second kappa shape index (κ2) is 14.3. The highest BCUT2D eigenvalue weighted by molar-refractivity contribution is 5.76. The molecule has 208 valence electrons. The van der Waals surface area contributed by atoms with Gasteiger partial charge in [0.1, 0.15) is 18.1 Å². The fraction of sp³-hybridized carbons (Fsp3) is 0.265. The molecule has 3 atom stereocenters. The summed E-state index contributed by atoms with van der Waals surface area (Å²) in [6.07, 6.45) is 0.666. The molecule has 2 N–H and O–H groups in total. The Bertz CT molecular complexity index is 1330. The van der Waals surface area contributed by atoms with Gasteiger partial charge in [-0.15, -0.1) is 0 Å². The summed E-state index contributed by atoms with van der Waals surface area (Å²) < 4.78 is 11.3. The maximum Gasteiger partial charge on any atom is 0.211 e. The number of nitrogens with one attached hydrogen (secondary N) is 1. The number of ether oxygens (including phenoxy) is 2. The molecule has 1 amide bonds. The second-order valence-corrected chi connectivity index (χ2v) is 9.99. The van der Waals surface area contributed by atoms with Gasteiger partial charge in [0.25, 0.3) is 0 Å². The van der Waals surface area contributed by atoms with Gasteiger partial charge in [0.2, 0.25) is 6.41 Å². The fourth-order valence-electron chi connectivity index (χ4n) is 4.96. The maximum atomic E-state index is 11.4. The zero-order valence-electron chi connectivity index (χ0n) is 23.4. The van der Waals surface area contributed by atoms with Crippen LogP contribution in [0.3, 0.4) is 0 Å². The lowest BCUT2D eigenvalue weighted by atomic mass is 9.99. The number of hydrogen-bond acceptors (Lipinski definition) is 5. The molecule has 0 saturated heterocycles. The highest BCUT2D eigenvalue weighted by atomic mass is 16.5. The molecule has 0 aliphatic rings.